The molecule has 0 bridgehead atoms. The molecule has 4 nitrogen and oxygen atoms in total. The Morgan fingerprint density at radius 3 is 2.38 bits per heavy atom. The second-order valence-corrected chi connectivity index (χ2v) is 4.34. The third-order valence-electron chi connectivity index (χ3n) is 2.62. The molecule has 0 saturated carbocycles. The first-order valence-corrected chi connectivity index (χ1v) is 6.47. The molecule has 106 valence electrons. The van der Waals surface area contributed by atoms with Gasteiger partial charge in [0.1, 0.15) is 0 Å². The summed E-state index contributed by atoms with van der Waals surface area (Å²) in [6.07, 6.45) is 3.02. The molecule has 0 aromatic heterocycles. The lowest BCUT2D eigenvalue weighted by molar-refractivity contribution is -0.129. The van der Waals surface area contributed by atoms with Gasteiger partial charge in [-0.25, -0.2) is 4.79 Å². The molecule has 0 heterocycles. The maximum Gasteiger partial charge on any atom is 0.336 e. The molecule has 0 atom stereocenters. The van der Waals surface area contributed by atoms with Crippen molar-refractivity contribution < 1.29 is 14.3 Å². The van der Waals surface area contributed by atoms with Gasteiger partial charge >= 0.3 is 5.97 Å². The van der Waals surface area contributed by atoms with Crippen molar-refractivity contribution in [2.45, 2.75) is 6.92 Å². The van der Waals surface area contributed by atoms with E-state index in [-0.39, 0.29) is 5.91 Å². The van der Waals surface area contributed by atoms with Crippen LogP contribution in [-0.2, 0) is 9.59 Å². The summed E-state index contributed by atoms with van der Waals surface area (Å²) in [4.78, 5) is 22.9. The topological polar surface area (TPSA) is 55.4 Å². The highest BCUT2D eigenvalue weighted by atomic mass is 16.5. The van der Waals surface area contributed by atoms with Gasteiger partial charge in [-0.2, -0.15) is 0 Å². The van der Waals surface area contributed by atoms with Gasteiger partial charge < -0.3 is 10.1 Å². The molecule has 0 aliphatic rings. The quantitative estimate of drug-likeness (QED) is 0.531. The van der Waals surface area contributed by atoms with Gasteiger partial charge in [-0.1, -0.05) is 42.5 Å². The number of rotatable bonds is 4. The van der Waals surface area contributed by atoms with Gasteiger partial charge in [0.25, 0.3) is 0 Å². The summed E-state index contributed by atoms with van der Waals surface area (Å²) >= 11 is 0. The first-order valence-electron chi connectivity index (χ1n) is 6.47. The van der Waals surface area contributed by atoms with E-state index in [9.17, 15) is 9.59 Å². The summed E-state index contributed by atoms with van der Waals surface area (Å²) in [6.45, 7) is 1.40. The van der Waals surface area contributed by atoms with E-state index in [0.29, 0.717) is 11.4 Å². The van der Waals surface area contributed by atoms with E-state index >= 15 is 0 Å². The Morgan fingerprint density at radius 1 is 1.00 bits per heavy atom. The van der Waals surface area contributed by atoms with Crippen molar-refractivity contribution in [3.8, 4) is 5.75 Å². The van der Waals surface area contributed by atoms with Crippen LogP contribution in [0, 0.1) is 0 Å². The maximum atomic E-state index is 11.8. The van der Waals surface area contributed by atoms with Crippen LogP contribution in [0.4, 0.5) is 5.69 Å². The minimum Gasteiger partial charge on any atom is -0.421 e. The van der Waals surface area contributed by atoms with Crippen LogP contribution in [-0.4, -0.2) is 11.9 Å². The zero-order valence-corrected chi connectivity index (χ0v) is 11.6. The Balaban J connectivity index is 2.06. The number of anilines is 1. The minimum atomic E-state index is -0.503. The molecule has 2 aromatic rings. The van der Waals surface area contributed by atoms with Crippen molar-refractivity contribution >= 4 is 23.6 Å². The standard InChI is InChI=1S/C17H15NO3/c1-13(19)18-15-9-5-6-10-16(15)21-17(20)12-11-14-7-3-2-4-8-14/h2-12H,1H3,(H,18,19). The monoisotopic (exact) mass is 281 g/mol. The Labute approximate surface area is 123 Å². The lowest BCUT2D eigenvalue weighted by Crippen LogP contribution is -2.10. The summed E-state index contributed by atoms with van der Waals surface area (Å²) in [6, 6.07) is 16.2. The van der Waals surface area contributed by atoms with E-state index in [2.05, 4.69) is 5.32 Å². The summed E-state index contributed by atoms with van der Waals surface area (Å²) in [5, 5.41) is 2.61. The van der Waals surface area contributed by atoms with Crippen LogP contribution < -0.4 is 10.1 Å². The Morgan fingerprint density at radius 2 is 1.67 bits per heavy atom. The van der Waals surface area contributed by atoms with E-state index < -0.39 is 5.97 Å². The molecule has 1 N–H and O–H groups in total. The first-order chi connectivity index (χ1) is 10.1. The van der Waals surface area contributed by atoms with Crippen molar-refractivity contribution in [3.63, 3.8) is 0 Å². The molecule has 0 saturated heterocycles. The van der Waals surface area contributed by atoms with E-state index in [1.165, 1.54) is 13.0 Å². The van der Waals surface area contributed by atoms with Crippen LogP contribution in [0.1, 0.15) is 12.5 Å². The molecule has 21 heavy (non-hydrogen) atoms. The van der Waals surface area contributed by atoms with Gasteiger partial charge in [0.2, 0.25) is 5.91 Å². The molecule has 0 aliphatic carbocycles. The fourth-order valence-corrected chi connectivity index (χ4v) is 1.72. The van der Waals surface area contributed by atoms with Crippen molar-refractivity contribution in [2.75, 3.05) is 5.32 Å². The zero-order valence-electron chi connectivity index (χ0n) is 11.6. The fourth-order valence-electron chi connectivity index (χ4n) is 1.72. The number of nitrogens with one attached hydrogen (secondary N) is 1. The largest absolute Gasteiger partial charge is 0.421 e. The van der Waals surface area contributed by atoms with Gasteiger partial charge in [-0.15, -0.1) is 0 Å². The smallest absolute Gasteiger partial charge is 0.336 e. The second kappa shape index (κ2) is 7.05. The Kier molecular flexibility index (Phi) is 4.88. The molecule has 0 radical (unpaired) electrons. The number of para-hydroxylation sites is 2. The number of hydrogen-bond donors (Lipinski definition) is 1. The van der Waals surface area contributed by atoms with Gasteiger partial charge in [0, 0.05) is 13.0 Å². The van der Waals surface area contributed by atoms with Crippen molar-refractivity contribution in [3.05, 3.63) is 66.2 Å². The highest BCUT2D eigenvalue weighted by molar-refractivity contribution is 5.93. The van der Waals surface area contributed by atoms with Gasteiger partial charge in [-0.3, -0.25) is 4.79 Å². The fraction of sp³-hybridized carbons (Fsp3) is 0.0588. The molecule has 0 fully saturated rings. The van der Waals surface area contributed by atoms with Crippen molar-refractivity contribution in [1.29, 1.82) is 0 Å². The summed E-state index contributed by atoms with van der Waals surface area (Å²) < 4.78 is 5.23. The summed E-state index contributed by atoms with van der Waals surface area (Å²) in [5.41, 5.74) is 1.37. The second-order valence-electron chi connectivity index (χ2n) is 4.34. The maximum absolute atomic E-state index is 11.8. The molecule has 1 amide bonds. The highest BCUT2D eigenvalue weighted by Gasteiger charge is 2.07. The van der Waals surface area contributed by atoms with Crippen LogP contribution in [0.25, 0.3) is 6.08 Å². The number of hydrogen-bond acceptors (Lipinski definition) is 3. The SMILES string of the molecule is CC(=O)Nc1ccccc1OC(=O)C=Cc1ccccc1. The average Bonchev–Trinajstić information content (AvgIpc) is 2.48. The molecule has 2 rings (SSSR count). The number of benzene rings is 2. The van der Waals surface area contributed by atoms with E-state index in [0.717, 1.165) is 5.56 Å². The molecule has 0 aliphatic heterocycles. The van der Waals surface area contributed by atoms with Crippen LogP contribution >= 0.6 is 0 Å². The van der Waals surface area contributed by atoms with Crippen LogP contribution in [0.2, 0.25) is 0 Å². The van der Waals surface area contributed by atoms with E-state index in [1.807, 2.05) is 30.3 Å². The van der Waals surface area contributed by atoms with Crippen molar-refractivity contribution in [1.82, 2.24) is 0 Å². The van der Waals surface area contributed by atoms with Crippen LogP contribution in [0.5, 0.6) is 5.75 Å². The summed E-state index contributed by atoms with van der Waals surface area (Å²) in [7, 11) is 0. The molecule has 0 unspecified atom stereocenters. The predicted octanol–water partition coefficient (Wildman–Crippen LogP) is 3.26. The minimum absolute atomic E-state index is 0.224. The number of carbonyl (C=O) groups is 2. The molecule has 2 aromatic carbocycles. The molecular formula is C17H15NO3. The molecule has 4 heteroatoms. The zero-order chi connectivity index (χ0) is 15.1. The van der Waals surface area contributed by atoms with Crippen molar-refractivity contribution in [2.24, 2.45) is 0 Å². The Bertz CT molecular complexity index is 663. The van der Waals surface area contributed by atoms with E-state index in [1.54, 1.807) is 30.3 Å². The lowest BCUT2D eigenvalue weighted by atomic mass is 10.2. The van der Waals surface area contributed by atoms with E-state index in [4.69, 9.17) is 4.74 Å². The predicted molar refractivity (Wildman–Crippen MR) is 81.9 cm³/mol. The normalized spacial score (nSPS) is 10.3. The highest BCUT2D eigenvalue weighted by Crippen LogP contribution is 2.23. The number of amides is 1. The summed E-state index contributed by atoms with van der Waals surface area (Å²) in [5.74, 6) is -0.412. The number of ether oxygens (including phenoxy) is 1. The first kappa shape index (κ1) is 14.5. The Hall–Kier alpha value is -2.88. The number of carbonyl (C=O) groups excluding carboxylic acids is 2. The number of esters is 1. The molecule has 0 spiro atoms. The van der Waals surface area contributed by atoms with Gasteiger partial charge in [0.15, 0.2) is 5.75 Å². The van der Waals surface area contributed by atoms with Gasteiger partial charge in [-0.05, 0) is 23.8 Å². The average molecular weight is 281 g/mol. The molecular weight excluding hydrogens is 266 g/mol. The van der Waals surface area contributed by atoms with Crippen LogP contribution in [0.15, 0.2) is 60.7 Å². The lowest BCUT2D eigenvalue weighted by Gasteiger charge is -2.08. The third-order valence-corrected chi connectivity index (χ3v) is 2.62. The third kappa shape index (κ3) is 4.62. The van der Waals surface area contributed by atoms with Gasteiger partial charge in [0.05, 0.1) is 5.69 Å². The van der Waals surface area contributed by atoms with Crippen LogP contribution in [0.3, 0.4) is 0 Å².